The molecule has 0 rings (SSSR count). The molecule has 0 saturated carbocycles. The lowest BCUT2D eigenvalue weighted by atomic mass is 10.1. The minimum atomic E-state index is 1.21. The van der Waals surface area contributed by atoms with Crippen molar-refractivity contribution in [2.45, 2.75) is 78.1 Å². The van der Waals surface area contributed by atoms with Crippen molar-refractivity contribution in [3.05, 3.63) is 17.9 Å². The van der Waals surface area contributed by atoms with E-state index >= 15 is 0 Å². The van der Waals surface area contributed by atoms with Gasteiger partial charge in [-0.25, -0.2) is 0 Å². The Morgan fingerprint density at radius 2 is 1.13 bits per heavy atom. The molecule has 0 aliphatic carbocycles. The monoisotopic (exact) mass is 208 g/mol. The standard InChI is InChI=1S/C15H28/c1-3-5-7-9-11-13-15-14-12-10-8-6-4-2/h11,15H,3-10,12,14H2,1-2H3. The van der Waals surface area contributed by atoms with Crippen molar-refractivity contribution in [1.82, 2.24) is 0 Å². The highest BCUT2D eigenvalue weighted by Gasteiger charge is 1.85. The predicted molar refractivity (Wildman–Crippen MR) is 70.2 cm³/mol. The summed E-state index contributed by atoms with van der Waals surface area (Å²) in [5, 5.41) is 0. The molecule has 0 aliphatic rings. The minimum Gasteiger partial charge on any atom is -0.130 e. The lowest BCUT2D eigenvalue weighted by Gasteiger charge is -1.94. The van der Waals surface area contributed by atoms with Crippen LogP contribution in [0.1, 0.15) is 78.1 Å². The van der Waals surface area contributed by atoms with E-state index in [2.05, 4.69) is 31.7 Å². The molecule has 0 atom stereocenters. The van der Waals surface area contributed by atoms with E-state index in [-0.39, 0.29) is 0 Å². The van der Waals surface area contributed by atoms with E-state index in [4.69, 9.17) is 0 Å². The molecular formula is C15H28. The van der Waals surface area contributed by atoms with E-state index in [1.54, 1.807) is 0 Å². The second-order valence-electron chi connectivity index (χ2n) is 4.27. The number of allylic oxidation sites excluding steroid dienone is 1. The molecule has 0 aromatic carbocycles. The van der Waals surface area contributed by atoms with E-state index in [9.17, 15) is 0 Å². The number of rotatable bonds is 10. The topological polar surface area (TPSA) is 0 Å². The Hall–Kier alpha value is -0.480. The zero-order valence-corrected chi connectivity index (χ0v) is 10.7. The summed E-state index contributed by atoms with van der Waals surface area (Å²) in [5.74, 6) is 0. The van der Waals surface area contributed by atoms with E-state index in [0.29, 0.717) is 0 Å². The number of hydrogen-bond acceptors (Lipinski definition) is 0. The Morgan fingerprint density at radius 3 is 1.73 bits per heavy atom. The van der Waals surface area contributed by atoms with Gasteiger partial charge in [0.2, 0.25) is 0 Å². The molecule has 0 amide bonds. The zero-order chi connectivity index (χ0) is 11.2. The van der Waals surface area contributed by atoms with Crippen LogP contribution >= 0.6 is 0 Å². The Bertz CT molecular complexity index is 161. The van der Waals surface area contributed by atoms with Crippen molar-refractivity contribution in [2.75, 3.05) is 0 Å². The highest BCUT2D eigenvalue weighted by atomic mass is 13.9. The van der Waals surface area contributed by atoms with Gasteiger partial charge in [-0.3, -0.25) is 0 Å². The van der Waals surface area contributed by atoms with Crippen LogP contribution in [0.25, 0.3) is 0 Å². The lowest BCUT2D eigenvalue weighted by molar-refractivity contribution is 0.637. The molecule has 15 heavy (non-hydrogen) atoms. The summed E-state index contributed by atoms with van der Waals surface area (Å²) in [6.45, 7) is 4.51. The first-order valence-electron chi connectivity index (χ1n) is 6.81. The minimum absolute atomic E-state index is 1.21. The fraction of sp³-hybridized carbons (Fsp3) is 0.800. The van der Waals surface area contributed by atoms with Gasteiger partial charge in [-0.05, 0) is 37.8 Å². The van der Waals surface area contributed by atoms with Crippen molar-refractivity contribution in [3.8, 4) is 0 Å². The van der Waals surface area contributed by atoms with Crippen LogP contribution in [0.4, 0.5) is 0 Å². The molecular weight excluding hydrogens is 180 g/mol. The molecule has 0 aromatic heterocycles. The lowest BCUT2D eigenvalue weighted by Crippen LogP contribution is -1.75. The van der Waals surface area contributed by atoms with Crippen LogP contribution in [-0.4, -0.2) is 0 Å². The van der Waals surface area contributed by atoms with Gasteiger partial charge in [-0.2, -0.15) is 0 Å². The molecule has 0 aromatic rings. The Kier molecular flexibility index (Phi) is 13.1. The first-order chi connectivity index (χ1) is 7.41. The average Bonchev–Trinajstić information content (AvgIpc) is 2.26. The molecule has 0 saturated heterocycles. The van der Waals surface area contributed by atoms with Crippen molar-refractivity contribution >= 4 is 0 Å². The largest absolute Gasteiger partial charge is 0.130 e. The van der Waals surface area contributed by atoms with E-state index in [1.807, 2.05) is 0 Å². The summed E-state index contributed by atoms with van der Waals surface area (Å²) in [4.78, 5) is 0. The Labute approximate surface area is 96.5 Å². The molecule has 0 nitrogen and oxygen atoms in total. The van der Waals surface area contributed by atoms with E-state index in [1.165, 1.54) is 64.2 Å². The van der Waals surface area contributed by atoms with Gasteiger partial charge in [0.25, 0.3) is 0 Å². The molecule has 0 radical (unpaired) electrons. The SMILES string of the molecule is CCCCCC=C=CCCCCCCC. The van der Waals surface area contributed by atoms with Crippen molar-refractivity contribution in [1.29, 1.82) is 0 Å². The normalized spacial score (nSPS) is 9.73. The van der Waals surface area contributed by atoms with Crippen LogP contribution in [0.2, 0.25) is 0 Å². The smallest absolute Gasteiger partial charge is 0.0274 e. The van der Waals surface area contributed by atoms with Crippen LogP contribution in [0, 0.1) is 0 Å². The fourth-order valence-electron chi connectivity index (χ4n) is 1.60. The van der Waals surface area contributed by atoms with Gasteiger partial charge in [0, 0.05) is 0 Å². The third-order valence-electron chi connectivity index (χ3n) is 2.64. The third kappa shape index (κ3) is 13.5. The second-order valence-corrected chi connectivity index (χ2v) is 4.27. The van der Waals surface area contributed by atoms with Gasteiger partial charge in [-0.15, -0.1) is 5.73 Å². The molecule has 88 valence electrons. The molecule has 0 aliphatic heterocycles. The number of hydrogen-bond donors (Lipinski definition) is 0. The van der Waals surface area contributed by atoms with Crippen LogP contribution in [0.15, 0.2) is 17.9 Å². The third-order valence-corrected chi connectivity index (χ3v) is 2.64. The maximum absolute atomic E-state index is 3.29. The van der Waals surface area contributed by atoms with Gasteiger partial charge >= 0.3 is 0 Å². The summed E-state index contributed by atoms with van der Waals surface area (Å²) >= 11 is 0. The molecule has 0 fully saturated rings. The number of unbranched alkanes of at least 4 members (excludes halogenated alkanes) is 8. The van der Waals surface area contributed by atoms with Gasteiger partial charge in [-0.1, -0.05) is 52.4 Å². The zero-order valence-electron chi connectivity index (χ0n) is 10.7. The van der Waals surface area contributed by atoms with Crippen LogP contribution in [-0.2, 0) is 0 Å². The molecule has 0 heteroatoms. The fourth-order valence-corrected chi connectivity index (χ4v) is 1.60. The van der Waals surface area contributed by atoms with Crippen molar-refractivity contribution in [3.63, 3.8) is 0 Å². The Balaban J connectivity index is 3.15. The maximum Gasteiger partial charge on any atom is -0.0274 e. The summed E-state index contributed by atoms with van der Waals surface area (Å²) in [6, 6.07) is 0. The van der Waals surface area contributed by atoms with Crippen molar-refractivity contribution in [2.24, 2.45) is 0 Å². The van der Waals surface area contributed by atoms with Gasteiger partial charge < -0.3 is 0 Å². The summed E-state index contributed by atoms with van der Waals surface area (Å²) in [7, 11) is 0. The summed E-state index contributed by atoms with van der Waals surface area (Å²) < 4.78 is 0. The second kappa shape index (κ2) is 13.5. The maximum atomic E-state index is 3.29. The van der Waals surface area contributed by atoms with Crippen LogP contribution in [0.5, 0.6) is 0 Å². The van der Waals surface area contributed by atoms with Gasteiger partial charge in [0.15, 0.2) is 0 Å². The molecule has 0 N–H and O–H groups in total. The molecule has 0 spiro atoms. The highest BCUT2D eigenvalue weighted by Crippen LogP contribution is 2.05. The first kappa shape index (κ1) is 14.5. The molecule has 0 bridgehead atoms. The van der Waals surface area contributed by atoms with Gasteiger partial charge in [0.05, 0.1) is 0 Å². The predicted octanol–water partition coefficient (Wildman–Crippen LogP) is 5.64. The Morgan fingerprint density at radius 1 is 0.667 bits per heavy atom. The molecule has 0 heterocycles. The van der Waals surface area contributed by atoms with Crippen LogP contribution < -0.4 is 0 Å². The average molecular weight is 208 g/mol. The summed E-state index contributed by atoms with van der Waals surface area (Å²) in [6.07, 6.45) is 17.7. The highest BCUT2D eigenvalue weighted by molar-refractivity contribution is 4.84. The van der Waals surface area contributed by atoms with Crippen molar-refractivity contribution < 1.29 is 0 Å². The quantitative estimate of drug-likeness (QED) is 0.322. The van der Waals surface area contributed by atoms with Gasteiger partial charge in [0.1, 0.15) is 0 Å². The summed E-state index contributed by atoms with van der Waals surface area (Å²) in [5.41, 5.74) is 3.29. The first-order valence-corrected chi connectivity index (χ1v) is 6.81. The van der Waals surface area contributed by atoms with Crippen LogP contribution in [0.3, 0.4) is 0 Å². The molecule has 0 unspecified atom stereocenters. The van der Waals surface area contributed by atoms with E-state index < -0.39 is 0 Å². The van der Waals surface area contributed by atoms with E-state index in [0.717, 1.165) is 0 Å².